The number of carboxylic acid groups (broad SMARTS) is 2. The zero-order chi connectivity index (χ0) is 19.4. The molecule has 0 fully saturated rings. The first-order chi connectivity index (χ1) is 11.6. The molecule has 1 heterocycles. The van der Waals surface area contributed by atoms with Crippen molar-refractivity contribution < 1.29 is 24.6 Å². The fourth-order valence-corrected chi connectivity index (χ4v) is 2.99. The number of aryl methyl sites for hydroxylation is 1. The van der Waals surface area contributed by atoms with Crippen LogP contribution in [-0.2, 0) is 14.4 Å². The zero-order valence-electron chi connectivity index (χ0n) is 14.9. The lowest BCUT2D eigenvalue weighted by Gasteiger charge is -2.41. The molecule has 0 radical (unpaired) electrons. The Labute approximate surface area is 145 Å². The van der Waals surface area contributed by atoms with Crippen LogP contribution < -0.4 is 0 Å². The number of carbonyl (C=O) groups excluding carboxylic acids is 1. The molecule has 8 nitrogen and oxygen atoms in total. The zero-order valence-corrected chi connectivity index (χ0v) is 14.9. The quantitative estimate of drug-likeness (QED) is 0.699. The summed E-state index contributed by atoms with van der Waals surface area (Å²) >= 11 is 0. The fraction of sp³-hybridized carbons (Fsp3) is 0.412. The summed E-state index contributed by atoms with van der Waals surface area (Å²) in [5, 5.41) is 18.8. The van der Waals surface area contributed by atoms with E-state index >= 15 is 0 Å². The van der Waals surface area contributed by atoms with E-state index in [-0.39, 0.29) is 5.57 Å². The number of H-pyrrole nitrogens is 1. The molecular weight excluding hydrogens is 326 g/mol. The van der Waals surface area contributed by atoms with Crippen molar-refractivity contribution in [3.63, 3.8) is 0 Å². The van der Waals surface area contributed by atoms with Crippen molar-refractivity contribution in [3.8, 4) is 0 Å². The van der Waals surface area contributed by atoms with Crippen molar-refractivity contribution in [2.24, 2.45) is 5.41 Å². The lowest BCUT2D eigenvalue weighted by atomic mass is 9.66. The van der Waals surface area contributed by atoms with Gasteiger partial charge in [-0.2, -0.15) is 0 Å². The minimum absolute atomic E-state index is 0.104. The average molecular weight is 349 g/mol. The number of rotatable bonds is 4. The molecule has 0 amide bonds. The first-order valence-electron chi connectivity index (χ1n) is 7.55. The summed E-state index contributed by atoms with van der Waals surface area (Å²) in [6.07, 6.45) is 6.27. The topological polar surface area (TPSA) is 124 Å². The molecule has 2 atom stereocenters. The van der Waals surface area contributed by atoms with E-state index in [2.05, 4.69) is 9.97 Å². The van der Waals surface area contributed by atoms with Crippen molar-refractivity contribution in [3.05, 3.63) is 41.5 Å². The highest BCUT2D eigenvalue weighted by molar-refractivity contribution is 6.09. The molecule has 1 aliphatic carbocycles. The molecular formula is C17H23N3O5. The normalized spacial score (nSPS) is 22.4. The Bertz CT molecular complexity index is 703. The maximum Gasteiger partial charge on any atom is 0.333 e. The van der Waals surface area contributed by atoms with Gasteiger partial charge < -0.3 is 20.1 Å². The van der Waals surface area contributed by atoms with Crippen LogP contribution >= 0.6 is 0 Å². The van der Waals surface area contributed by atoms with Gasteiger partial charge in [0.1, 0.15) is 5.82 Å². The van der Waals surface area contributed by atoms with E-state index in [1.807, 2.05) is 6.92 Å². The van der Waals surface area contributed by atoms with Crippen LogP contribution in [0.4, 0.5) is 0 Å². The number of ketones is 1. The fourth-order valence-electron chi connectivity index (χ4n) is 2.99. The van der Waals surface area contributed by atoms with Crippen LogP contribution in [0.15, 0.2) is 35.7 Å². The molecule has 0 aliphatic heterocycles. The standard InChI is InChI=1S/C13H17NO5.C4H6N2/c1-7-5-6-9(11(16)17)10(14(3)4)13(7,8(2)15)12(18)19;1-4-5-2-3-6-4/h5-6,10H,1-4H3,(H,16,17)(H,18,19);2-3H,1H3,(H,5,6). The van der Waals surface area contributed by atoms with E-state index in [9.17, 15) is 24.6 Å². The van der Waals surface area contributed by atoms with E-state index in [0.29, 0.717) is 5.57 Å². The minimum Gasteiger partial charge on any atom is -0.480 e. The molecule has 1 aliphatic rings. The van der Waals surface area contributed by atoms with Gasteiger partial charge in [-0.05, 0) is 40.4 Å². The van der Waals surface area contributed by atoms with Gasteiger partial charge in [0.2, 0.25) is 0 Å². The summed E-state index contributed by atoms with van der Waals surface area (Å²) < 4.78 is 0. The molecule has 8 heteroatoms. The van der Waals surface area contributed by atoms with E-state index in [0.717, 1.165) is 5.82 Å². The number of carbonyl (C=O) groups is 3. The third-order valence-corrected chi connectivity index (χ3v) is 4.13. The second-order valence-corrected chi connectivity index (χ2v) is 5.99. The Balaban J connectivity index is 0.000000435. The number of aromatic nitrogens is 2. The van der Waals surface area contributed by atoms with E-state index in [1.54, 1.807) is 26.5 Å². The monoisotopic (exact) mass is 349 g/mol. The molecule has 2 unspecified atom stereocenters. The number of likely N-dealkylation sites (N-methyl/N-ethyl adjacent to an activating group) is 1. The van der Waals surface area contributed by atoms with E-state index in [1.165, 1.54) is 30.9 Å². The van der Waals surface area contributed by atoms with E-state index in [4.69, 9.17) is 0 Å². The van der Waals surface area contributed by atoms with Gasteiger partial charge in [-0.25, -0.2) is 9.78 Å². The Morgan fingerprint density at radius 3 is 2.08 bits per heavy atom. The summed E-state index contributed by atoms with van der Waals surface area (Å²) in [4.78, 5) is 43.2. The predicted octanol–water partition coefficient (Wildman–Crippen LogP) is 1.27. The smallest absolute Gasteiger partial charge is 0.333 e. The van der Waals surface area contributed by atoms with Gasteiger partial charge >= 0.3 is 11.9 Å². The lowest BCUT2D eigenvalue weighted by molar-refractivity contribution is -0.155. The number of allylic oxidation sites excluding steroid dienone is 2. The highest BCUT2D eigenvalue weighted by atomic mass is 16.4. The SMILES string of the molecule is CC(=O)C1(C(=O)O)C(C)=CC=C(C(=O)O)C1N(C)C.Cc1ncc[nH]1. The van der Waals surface area contributed by atoms with Crippen LogP contribution in [0.3, 0.4) is 0 Å². The Morgan fingerprint density at radius 1 is 1.20 bits per heavy atom. The number of aliphatic carboxylic acids is 2. The summed E-state index contributed by atoms with van der Waals surface area (Å²) in [6.45, 7) is 4.62. The number of hydrogen-bond acceptors (Lipinski definition) is 5. The van der Waals surface area contributed by atoms with Gasteiger partial charge in [-0.15, -0.1) is 0 Å². The molecule has 3 N–H and O–H groups in total. The van der Waals surface area contributed by atoms with Gasteiger partial charge in [0, 0.05) is 12.4 Å². The van der Waals surface area contributed by atoms with Gasteiger partial charge in [-0.3, -0.25) is 9.59 Å². The average Bonchev–Trinajstić information content (AvgIpc) is 2.97. The largest absolute Gasteiger partial charge is 0.480 e. The van der Waals surface area contributed by atoms with Crippen LogP contribution in [-0.4, -0.2) is 62.9 Å². The molecule has 0 bridgehead atoms. The number of Topliss-reactive ketones (excluding diaryl/α,β-unsaturated/α-hetero) is 1. The van der Waals surface area contributed by atoms with Gasteiger partial charge in [0.15, 0.2) is 11.2 Å². The molecule has 2 rings (SSSR count). The Morgan fingerprint density at radius 2 is 1.80 bits per heavy atom. The van der Waals surface area contributed by atoms with Crippen molar-refractivity contribution in [2.75, 3.05) is 14.1 Å². The van der Waals surface area contributed by atoms with Crippen LogP contribution in [0.25, 0.3) is 0 Å². The molecule has 25 heavy (non-hydrogen) atoms. The van der Waals surface area contributed by atoms with Crippen molar-refractivity contribution >= 4 is 17.7 Å². The molecule has 0 aromatic carbocycles. The Kier molecular flexibility index (Phi) is 6.41. The van der Waals surface area contributed by atoms with Crippen LogP contribution in [0.5, 0.6) is 0 Å². The van der Waals surface area contributed by atoms with Crippen LogP contribution in [0, 0.1) is 12.3 Å². The van der Waals surface area contributed by atoms with Crippen LogP contribution in [0.1, 0.15) is 19.7 Å². The molecule has 136 valence electrons. The third-order valence-electron chi connectivity index (χ3n) is 4.13. The number of carboxylic acids is 2. The first-order valence-corrected chi connectivity index (χ1v) is 7.55. The summed E-state index contributed by atoms with van der Waals surface area (Å²) in [5.41, 5.74) is -1.63. The highest BCUT2D eigenvalue weighted by Gasteiger charge is 2.56. The maximum atomic E-state index is 12.0. The minimum atomic E-state index is -1.86. The molecule has 1 aromatic rings. The van der Waals surface area contributed by atoms with Crippen molar-refractivity contribution in [2.45, 2.75) is 26.8 Å². The number of nitrogens with one attached hydrogen (secondary N) is 1. The first kappa shape index (κ1) is 20.3. The van der Waals surface area contributed by atoms with Crippen LogP contribution in [0.2, 0.25) is 0 Å². The summed E-state index contributed by atoms with van der Waals surface area (Å²) in [6, 6.07) is -1.04. The van der Waals surface area contributed by atoms with Crippen molar-refractivity contribution in [1.82, 2.24) is 14.9 Å². The highest BCUT2D eigenvalue weighted by Crippen LogP contribution is 2.41. The molecule has 1 aromatic heterocycles. The van der Waals surface area contributed by atoms with Gasteiger partial charge in [0.25, 0.3) is 0 Å². The van der Waals surface area contributed by atoms with Crippen molar-refractivity contribution in [1.29, 1.82) is 0 Å². The number of aromatic amines is 1. The maximum absolute atomic E-state index is 12.0. The van der Waals surface area contributed by atoms with Gasteiger partial charge in [0.05, 0.1) is 11.6 Å². The van der Waals surface area contributed by atoms with Gasteiger partial charge in [-0.1, -0.05) is 12.2 Å². The number of imidazole rings is 1. The molecule has 0 spiro atoms. The predicted molar refractivity (Wildman–Crippen MR) is 91.0 cm³/mol. The second-order valence-electron chi connectivity index (χ2n) is 5.99. The summed E-state index contributed by atoms with van der Waals surface area (Å²) in [5.74, 6) is -2.18. The molecule has 0 saturated heterocycles. The number of hydrogen-bond donors (Lipinski definition) is 3. The van der Waals surface area contributed by atoms with E-state index < -0.39 is 29.2 Å². The lowest BCUT2D eigenvalue weighted by Crippen LogP contribution is -2.57. The Hall–Kier alpha value is -2.74. The third kappa shape index (κ3) is 3.85. The second kappa shape index (κ2) is 7.89. The molecule has 0 saturated carbocycles. The summed E-state index contributed by atoms with van der Waals surface area (Å²) in [7, 11) is 3.11. The number of nitrogens with zero attached hydrogens (tertiary/aromatic N) is 2.